The molecule has 2 aromatic rings. The van der Waals surface area contributed by atoms with Crippen LogP contribution in [0.3, 0.4) is 0 Å². The van der Waals surface area contributed by atoms with Crippen LogP contribution in [0.1, 0.15) is 44.0 Å². The third-order valence-electron chi connectivity index (χ3n) is 3.44. The van der Waals surface area contributed by atoms with E-state index in [0.29, 0.717) is 6.42 Å². The van der Waals surface area contributed by atoms with E-state index in [1.54, 1.807) is 23.0 Å². The van der Waals surface area contributed by atoms with E-state index in [1.807, 2.05) is 20.8 Å². The molecule has 5 heteroatoms. The Morgan fingerprint density at radius 1 is 1.38 bits per heavy atom. The zero-order valence-corrected chi connectivity index (χ0v) is 12.6. The molecule has 0 radical (unpaired) electrons. The van der Waals surface area contributed by atoms with Gasteiger partial charge >= 0.3 is 0 Å². The molecule has 1 N–H and O–H groups in total. The van der Waals surface area contributed by atoms with Gasteiger partial charge in [-0.25, -0.2) is 9.07 Å². The van der Waals surface area contributed by atoms with Gasteiger partial charge in [-0.15, -0.1) is 0 Å². The van der Waals surface area contributed by atoms with Crippen LogP contribution in [0, 0.1) is 12.7 Å². The number of amides is 1. The molecule has 2 rings (SSSR count). The van der Waals surface area contributed by atoms with E-state index in [-0.39, 0.29) is 17.8 Å². The van der Waals surface area contributed by atoms with Crippen molar-refractivity contribution in [1.82, 2.24) is 15.1 Å². The highest BCUT2D eigenvalue weighted by atomic mass is 19.1. The average molecular weight is 289 g/mol. The highest BCUT2D eigenvalue weighted by molar-refractivity contribution is 5.76. The maximum absolute atomic E-state index is 13.0. The standard InChI is InChI=1S/C16H20FN3O/c1-4-5-16(21)19-11(2)15-10-18-20(12(15)3)14-8-6-13(17)7-9-14/h6-11H,4-5H2,1-3H3,(H,19,21)/t11-/m1/s1. The van der Waals surface area contributed by atoms with E-state index in [2.05, 4.69) is 10.4 Å². The summed E-state index contributed by atoms with van der Waals surface area (Å²) in [5.74, 6) is -0.233. The fourth-order valence-electron chi connectivity index (χ4n) is 2.31. The van der Waals surface area contributed by atoms with E-state index in [9.17, 15) is 9.18 Å². The van der Waals surface area contributed by atoms with Crippen molar-refractivity contribution in [3.05, 3.63) is 47.5 Å². The van der Waals surface area contributed by atoms with Crippen molar-refractivity contribution >= 4 is 5.91 Å². The van der Waals surface area contributed by atoms with Crippen LogP contribution in [0.2, 0.25) is 0 Å². The molecule has 0 unspecified atom stereocenters. The third-order valence-corrected chi connectivity index (χ3v) is 3.44. The Kier molecular flexibility index (Phi) is 4.73. The lowest BCUT2D eigenvalue weighted by Crippen LogP contribution is -2.26. The summed E-state index contributed by atoms with van der Waals surface area (Å²) >= 11 is 0. The molecule has 0 aliphatic rings. The van der Waals surface area contributed by atoms with Crippen molar-refractivity contribution in [3.63, 3.8) is 0 Å². The van der Waals surface area contributed by atoms with Gasteiger partial charge in [0.05, 0.1) is 17.9 Å². The molecule has 0 fully saturated rings. The number of benzene rings is 1. The first-order chi connectivity index (χ1) is 10.0. The second-order valence-electron chi connectivity index (χ2n) is 5.11. The van der Waals surface area contributed by atoms with Crippen LogP contribution in [0.25, 0.3) is 5.69 Å². The molecule has 0 saturated carbocycles. The summed E-state index contributed by atoms with van der Waals surface area (Å²) in [6, 6.07) is 6.07. The molecule has 0 spiro atoms. The summed E-state index contributed by atoms with van der Waals surface area (Å²) in [4.78, 5) is 11.7. The second kappa shape index (κ2) is 6.52. The number of carbonyl (C=O) groups is 1. The minimum absolute atomic E-state index is 0.0407. The minimum Gasteiger partial charge on any atom is -0.349 e. The van der Waals surface area contributed by atoms with E-state index >= 15 is 0 Å². The predicted molar refractivity (Wildman–Crippen MR) is 79.7 cm³/mol. The summed E-state index contributed by atoms with van der Waals surface area (Å²) in [7, 11) is 0. The van der Waals surface area contributed by atoms with Gasteiger partial charge < -0.3 is 5.32 Å². The molecule has 0 aliphatic carbocycles. The number of aromatic nitrogens is 2. The molecule has 0 bridgehead atoms. The van der Waals surface area contributed by atoms with Gasteiger partial charge in [-0.05, 0) is 44.5 Å². The van der Waals surface area contributed by atoms with Crippen LogP contribution < -0.4 is 5.32 Å². The number of hydrogen-bond acceptors (Lipinski definition) is 2. The van der Waals surface area contributed by atoms with E-state index in [0.717, 1.165) is 23.4 Å². The Hall–Kier alpha value is -2.17. The Balaban J connectivity index is 2.20. The highest BCUT2D eigenvalue weighted by Crippen LogP contribution is 2.20. The minimum atomic E-state index is -0.274. The maximum Gasteiger partial charge on any atom is 0.220 e. The van der Waals surface area contributed by atoms with Gasteiger partial charge in [-0.2, -0.15) is 5.10 Å². The van der Waals surface area contributed by atoms with Crippen molar-refractivity contribution in [2.45, 2.75) is 39.7 Å². The lowest BCUT2D eigenvalue weighted by atomic mass is 10.1. The monoisotopic (exact) mass is 289 g/mol. The van der Waals surface area contributed by atoms with Gasteiger partial charge in [-0.1, -0.05) is 6.92 Å². The van der Waals surface area contributed by atoms with Crippen molar-refractivity contribution in [1.29, 1.82) is 0 Å². The third kappa shape index (κ3) is 3.48. The average Bonchev–Trinajstić information content (AvgIpc) is 2.82. The topological polar surface area (TPSA) is 46.9 Å². The summed E-state index contributed by atoms with van der Waals surface area (Å²) in [5.41, 5.74) is 2.70. The van der Waals surface area contributed by atoms with E-state index in [4.69, 9.17) is 0 Å². The molecular weight excluding hydrogens is 269 g/mol. The van der Waals surface area contributed by atoms with Crippen molar-refractivity contribution < 1.29 is 9.18 Å². The smallest absolute Gasteiger partial charge is 0.220 e. The summed E-state index contributed by atoms with van der Waals surface area (Å²) < 4.78 is 14.7. The van der Waals surface area contributed by atoms with Crippen LogP contribution in [0.4, 0.5) is 4.39 Å². The maximum atomic E-state index is 13.0. The van der Waals surface area contributed by atoms with Gasteiger partial charge in [0.15, 0.2) is 0 Å². The van der Waals surface area contributed by atoms with Crippen LogP contribution in [0.15, 0.2) is 30.5 Å². The van der Waals surface area contributed by atoms with Crippen molar-refractivity contribution in [2.24, 2.45) is 0 Å². The first kappa shape index (κ1) is 15.2. The SMILES string of the molecule is CCCC(=O)N[C@H](C)c1cnn(-c2ccc(F)cc2)c1C. The number of nitrogens with one attached hydrogen (secondary N) is 1. The molecule has 0 aliphatic heterocycles. The normalized spacial score (nSPS) is 12.2. The van der Waals surface area contributed by atoms with Gasteiger partial charge in [0, 0.05) is 17.7 Å². The summed E-state index contributed by atoms with van der Waals surface area (Å²) in [6.07, 6.45) is 3.09. The molecule has 112 valence electrons. The lowest BCUT2D eigenvalue weighted by molar-refractivity contribution is -0.121. The van der Waals surface area contributed by atoms with Crippen molar-refractivity contribution in [2.75, 3.05) is 0 Å². The van der Waals surface area contributed by atoms with Crippen LogP contribution in [-0.2, 0) is 4.79 Å². The fraction of sp³-hybridized carbons (Fsp3) is 0.375. The molecular formula is C16H20FN3O. The molecule has 21 heavy (non-hydrogen) atoms. The Morgan fingerprint density at radius 2 is 2.05 bits per heavy atom. The molecule has 1 heterocycles. The molecule has 1 aromatic heterocycles. The van der Waals surface area contributed by atoms with E-state index < -0.39 is 0 Å². The van der Waals surface area contributed by atoms with Gasteiger partial charge in [0.2, 0.25) is 5.91 Å². The number of hydrogen-bond donors (Lipinski definition) is 1. The lowest BCUT2D eigenvalue weighted by Gasteiger charge is -2.14. The summed E-state index contributed by atoms with van der Waals surface area (Å²) in [6.45, 7) is 5.85. The molecule has 1 atom stereocenters. The number of halogens is 1. The number of carbonyl (C=O) groups excluding carboxylic acids is 1. The largest absolute Gasteiger partial charge is 0.349 e. The van der Waals surface area contributed by atoms with Crippen LogP contribution in [-0.4, -0.2) is 15.7 Å². The van der Waals surface area contributed by atoms with Gasteiger partial charge in [0.1, 0.15) is 5.82 Å². The first-order valence-electron chi connectivity index (χ1n) is 7.12. The zero-order valence-electron chi connectivity index (χ0n) is 12.6. The Morgan fingerprint density at radius 3 is 2.67 bits per heavy atom. The quantitative estimate of drug-likeness (QED) is 0.918. The molecule has 1 amide bonds. The first-order valence-corrected chi connectivity index (χ1v) is 7.12. The molecule has 1 aromatic carbocycles. The van der Waals surface area contributed by atoms with Gasteiger partial charge in [0.25, 0.3) is 0 Å². The van der Waals surface area contributed by atoms with Crippen LogP contribution in [0.5, 0.6) is 0 Å². The Bertz CT molecular complexity index is 619. The van der Waals surface area contributed by atoms with E-state index in [1.165, 1.54) is 12.1 Å². The Labute approximate surface area is 124 Å². The van der Waals surface area contributed by atoms with Crippen molar-refractivity contribution in [3.8, 4) is 5.69 Å². The number of rotatable bonds is 5. The molecule has 0 saturated heterocycles. The number of nitrogens with zero attached hydrogens (tertiary/aromatic N) is 2. The highest BCUT2D eigenvalue weighted by Gasteiger charge is 2.15. The summed E-state index contributed by atoms with van der Waals surface area (Å²) in [5, 5.41) is 7.29. The van der Waals surface area contributed by atoms with Gasteiger partial charge in [-0.3, -0.25) is 4.79 Å². The zero-order chi connectivity index (χ0) is 15.4. The fourth-order valence-corrected chi connectivity index (χ4v) is 2.31. The predicted octanol–water partition coefficient (Wildman–Crippen LogP) is 3.30. The second-order valence-corrected chi connectivity index (χ2v) is 5.11. The van der Waals surface area contributed by atoms with Crippen LogP contribution >= 0.6 is 0 Å². The molecule has 4 nitrogen and oxygen atoms in total.